The van der Waals surface area contributed by atoms with Gasteiger partial charge in [-0.3, -0.25) is 14.6 Å². The van der Waals surface area contributed by atoms with Crippen LogP contribution in [0.3, 0.4) is 0 Å². The molecule has 9 nitrogen and oxygen atoms in total. The molecule has 3 N–H and O–H groups in total. The van der Waals surface area contributed by atoms with Gasteiger partial charge in [-0.1, -0.05) is 68.1 Å². The van der Waals surface area contributed by atoms with Crippen molar-refractivity contribution in [1.29, 1.82) is 0 Å². The van der Waals surface area contributed by atoms with Crippen molar-refractivity contribution in [3.05, 3.63) is 86.6 Å². The fourth-order valence-corrected chi connectivity index (χ4v) is 3.54. The topological polar surface area (TPSA) is 129 Å². The summed E-state index contributed by atoms with van der Waals surface area (Å²) in [5.41, 5.74) is 2.53. The second-order valence-corrected chi connectivity index (χ2v) is 8.33. The highest BCUT2D eigenvalue weighted by Gasteiger charge is 2.24. The number of aromatic amines is 2. The summed E-state index contributed by atoms with van der Waals surface area (Å²) in [4.78, 5) is 38.2. The van der Waals surface area contributed by atoms with Crippen LogP contribution in [0, 0.1) is 5.92 Å². The normalized spacial score (nSPS) is 12.1. The molecule has 1 amide bonds. The minimum atomic E-state index is -0.812. The fourth-order valence-electron chi connectivity index (χ4n) is 2.61. The largest absolute Gasteiger partial charge is 0.493 e. The van der Waals surface area contributed by atoms with Crippen molar-refractivity contribution in [2.24, 2.45) is 11.0 Å². The average Bonchev–Trinajstić information content (AvgIpc) is 2.78. The van der Waals surface area contributed by atoms with Crippen molar-refractivity contribution >= 4 is 23.9 Å². The van der Waals surface area contributed by atoms with Gasteiger partial charge in [0, 0.05) is 0 Å². The van der Waals surface area contributed by atoms with Crippen LogP contribution >= 0.6 is 11.8 Å². The van der Waals surface area contributed by atoms with E-state index in [4.69, 9.17) is 4.74 Å². The van der Waals surface area contributed by atoms with Crippen LogP contribution in [-0.2, 0) is 4.79 Å². The first-order valence-corrected chi connectivity index (χ1v) is 10.8. The molecule has 32 heavy (non-hydrogen) atoms. The molecule has 0 saturated carbocycles. The predicted molar refractivity (Wildman–Crippen MR) is 123 cm³/mol. The molecule has 2 aromatic carbocycles. The van der Waals surface area contributed by atoms with Gasteiger partial charge < -0.3 is 4.74 Å². The lowest BCUT2D eigenvalue weighted by atomic mass is 10.1. The molecule has 0 spiro atoms. The van der Waals surface area contributed by atoms with Crippen molar-refractivity contribution in [3.8, 4) is 5.75 Å². The summed E-state index contributed by atoms with van der Waals surface area (Å²) in [5.74, 6) is 0.676. The minimum Gasteiger partial charge on any atom is -0.493 e. The first-order valence-electron chi connectivity index (χ1n) is 9.89. The molecule has 1 atom stereocenters. The fraction of sp³-hybridized carbons (Fsp3) is 0.227. The van der Waals surface area contributed by atoms with Gasteiger partial charge in [0.2, 0.25) is 0 Å². The molecule has 0 aliphatic carbocycles. The van der Waals surface area contributed by atoms with E-state index < -0.39 is 22.4 Å². The van der Waals surface area contributed by atoms with E-state index in [-0.39, 0.29) is 5.03 Å². The van der Waals surface area contributed by atoms with Crippen LogP contribution in [0.4, 0.5) is 0 Å². The molecule has 0 fully saturated rings. The molecule has 0 aliphatic rings. The number of ether oxygens (including phenoxy) is 1. The molecule has 10 heteroatoms. The molecule has 1 unspecified atom stereocenters. The third-order valence-corrected chi connectivity index (χ3v) is 5.30. The number of aromatic nitrogens is 3. The lowest BCUT2D eigenvalue weighted by Crippen LogP contribution is -2.28. The van der Waals surface area contributed by atoms with E-state index in [1.54, 1.807) is 24.3 Å². The smallest absolute Gasteiger partial charge is 0.342 e. The Morgan fingerprint density at radius 2 is 1.97 bits per heavy atom. The number of H-pyrrole nitrogens is 2. The first kappa shape index (κ1) is 23.0. The molecular formula is C22H23N5O4S. The number of rotatable bonds is 9. The summed E-state index contributed by atoms with van der Waals surface area (Å²) >= 11 is 0.912. The Labute approximate surface area is 188 Å². The number of nitrogens with one attached hydrogen (secondary N) is 3. The van der Waals surface area contributed by atoms with Gasteiger partial charge in [-0.2, -0.15) is 10.2 Å². The van der Waals surface area contributed by atoms with Crippen molar-refractivity contribution in [1.82, 2.24) is 20.6 Å². The number of nitrogens with zero attached hydrogens (tertiary/aromatic N) is 2. The van der Waals surface area contributed by atoms with Crippen LogP contribution in [0.1, 0.15) is 30.2 Å². The van der Waals surface area contributed by atoms with Crippen LogP contribution in [0.15, 0.2) is 74.3 Å². The minimum absolute atomic E-state index is 0.0346. The number of hydrazone groups is 1. The number of amides is 1. The molecule has 3 rings (SSSR count). The number of carbonyl (C=O) groups excluding carboxylic acids is 1. The molecule has 1 heterocycles. The van der Waals surface area contributed by atoms with E-state index >= 15 is 0 Å². The monoisotopic (exact) mass is 453 g/mol. The summed E-state index contributed by atoms with van der Waals surface area (Å²) in [6, 6.07) is 16.3. The van der Waals surface area contributed by atoms with Gasteiger partial charge in [0.1, 0.15) is 11.0 Å². The number of benzene rings is 2. The van der Waals surface area contributed by atoms with Gasteiger partial charge in [0.05, 0.1) is 12.8 Å². The van der Waals surface area contributed by atoms with Gasteiger partial charge in [0.15, 0.2) is 5.03 Å². The van der Waals surface area contributed by atoms with E-state index in [9.17, 15) is 14.4 Å². The van der Waals surface area contributed by atoms with Crippen molar-refractivity contribution in [2.75, 3.05) is 6.61 Å². The highest BCUT2D eigenvalue weighted by Crippen LogP contribution is 2.32. The molecule has 166 valence electrons. The molecule has 3 aromatic rings. The molecule has 0 bridgehead atoms. The summed E-state index contributed by atoms with van der Waals surface area (Å²) in [5, 5.41) is 9.11. The SMILES string of the molecule is CC(C)COc1cccc(/C=N\NC(=O)C(Sc2n[nH]c(=O)[nH]c2=O)c2ccccc2)c1. The molecule has 0 aliphatic heterocycles. The summed E-state index contributed by atoms with van der Waals surface area (Å²) < 4.78 is 5.70. The second kappa shape index (κ2) is 11.1. The summed E-state index contributed by atoms with van der Waals surface area (Å²) in [6.45, 7) is 4.74. The van der Waals surface area contributed by atoms with Gasteiger partial charge in [0.25, 0.3) is 11.5 Å². The highest BCUT2D eigenvalue weighted by atomic mass is 32.2. The van der Waals surface area contributed by atoms with E-state index in [0.717, 1.165) is 23.1 Å². The maximum Gasteiger partial charge on any atom is 0.342 e. The number of carbonyl (C=O) groups is 1. The van der Waals surface area contributed by atoms with Crippen LogP contribution in [0.25, 0.3) is 0 Å². The Balaban J connectivity index is 1.73. The predicted octanol–water partition coefficient (Wildman–Crippen LogP) is 2.48. The standard InChI is InChI=1S/C22H23N5O4S/c1-14(2)13-31-17-10-6-7-15(11-17)12-23-25-19(28)18(16-8-4-3-5-9-16)32-21-20(29)24-22(30)27-26-21/h3-12,14,18H,13H2,1-2H3,(H,25,28)(H2,24,27,29,30)/b23-12-. The summed E-state index contributed by atoms with van der Waals surface area (Å²) in [7, 11) is 0. The number of hydrogen-bond acceptors (Lipinski definition) is 7. The number of hydrogen-bond donors (Lipinski definition) is 3. The van der Waals surface area contributed by atoms with Crippen molar-refractivity contribution in [3.63, 3.8) is 0 Å². The Hall–Kier alpha value is -3.66. The average molecular weight is 454 g/mol. The van der Waals surface area contributed by atoms with Crippen molar-refractivity contribution < 1.29 is 9.53 Å². The van der Waals surface area contributed by atoms with Gasteiger partial charge >= 0.3 is 5.69 Å². The van der Waals surface area contributed by atoms with Crippen LogP contribution < -0.4 is 21.4 Å². The Kier molecular flexibility index (Phi) is 7.98. The van der Waals surface area contributed by atoms with Gasteiger partial charge in [-0.15, -0.1) is 0 Å². The first-order chi connectivity index (χ1) is 15.4. The molecule has 0 radical (unpaired) electrons. The van der Waals surface area contributed by atoms with Gasteiger partial charge in [-0.25, -0.2) is 15.3 Å². The second-order valence-electron chi connectivity index (χ2n) is 7.23. The molecule has 0 saturated heterocycles. The highest BCUT2D eigenvalue weighted by molar-refractivity contribution is 8.00. The maximum absolute atomic E-state index is 12.9. The zero-order valence-electron chi connectivity index (χ0n) is 17.6. The van der Waals surface area contributed by atoms with Crippen LogP contribution in [0.5, 0.6) is 5.75 Å². The molecular weight excluding hydrogens is 430 g/mol. The Bertz CT molecular complexity index is 1190. The van der Waals surface area contributed by atoms with Gasteiger partial charge in [-0.05, 0) is 29.2 Å². The summed E-state index contributed by atoms with van der Waals surface area (Å²) in [6.07, 6.45) is 1.51. The lowest BCUT2D eigenvalue weighted by Gasteiger charge is -2.14. The quantitative estimate of drug-likeness (QED) is 0.259. The Morgan fingerprint density at radius 3 is 2.69 bits per heavy atom. The van der Waals surface area contributed by atoms with E-state index in [1.807, 2.05) is 30.3 Å². The third-order valence-electron chi connectivity index (χ3n) is 4.08. The van der Waals surface area contributed by atoms with E-state index in [0.29, 0.717) is 18.1 Å². The third kappa shape index (κ3) is 6.67. The molecule has 1 aromatic heterocycles. The maximum atomic E-state index is 12.9. The van der Waals surface area contributed by atoms with Crippen molar-refractivity contribution in [2.45, 2.75) is 24.1 Å². The zero-order valence-corrected chi connectivity index (χ0v) is 18.4. The lowest BCUT2D eigenvalue weighted by molar-refractivity contribution is -0.120. The van der Waals surface area contributed by atoms with E-state index in [1.165, 1.54) is 6.21 Å². The number of thioether (sulfide) groups is 1. The zero-order chi connectivity index (χ0) is 22.9. The van der Waals surface area contributed by atoms with Crippen LogP contribution in [0.2, 0.25) is 0 Å². The Morgan fingerprint density at radius 1 is 1.19 bits per heavy atom. The van der Waals surface area contributed by atoms with E-state index in [2.05, 4.69) is 39.6 Å². The van der Waals surface area contributed by atoms with Crippen LogP contribution in [-0.4, -0.2) is 33.9 Å².